The fraction of sp³-hybridized carbons (Fsp3) is 0.500. The number of rotatable bonds is 3. The smallest absolute Gasteiger partial charge is 0.335 e. The molecule has 1 aromatic rings. The minimum Gasteiger partial charge on any atom is -0.478 e. The monoisotopic (exact) mass is 248 g/mol. The van der Waals surface area contributed by atoms with Gasteiger partial charge in [-0.15, -0.1) is 0 Å². The number of carboxylic acid groups (broad SMARTS) is 1. The summed E-state index contributed by atoms with van der Waals surface area (Å²) in [5.74, 6) is -0.909. The number of hydrogen-bond acceptors (Lipinski definition) is 3. The summed E-state index contributed by atoms with van der Waals surface area (Å²) in [6.07, 6.45) is 6.11. The average molecular weight is 248 g/mol. The number of nitrogen functional groups attached to an aromatic ring is 1. The Kier molecular flexibility index (Phi) is 3.75. The molecule has 1 fully saturated rings. The van der Waals surface area contributed by atoms with E-state index >= 15 is 0 Å². The number of nitrogens with two attached hydrogens (primary N) is 1. The topological polar surface area (TPSA) is 66.6 Å². The predicted octanol–water partition coefficient (Wildman–Crippen LogP) is 2.74. The Morgan fingerprint density at radius 1 is 1.33 bits per heavy atom. The molecular weight excluding hydrogens is 228 g/mol. The zero-order valence-electron chi connectivity index (χ0n) is 10.7. The molecule has 0 aromatic heterocycles. The van der Waals surface area contributed by atoms with Crippen LogP contribution in [0.2, 0.25) is 0 Å². The minimum atomic E-state index is -0.909. The van der Waals surface area contributed by atoms with Crippen LogP contribution in [-0.4, -0.2) is 24.2 Å². The molecule has 0 amide bonds. The summed E-state index contributed by atoms with van der Waals surface area (Å²) in [6, 6.07) is 5.38. The summed E-state index contributed by atoms with van der Waals surface area (Å²) in [4.78, 5) is 13.1. The van der Waals surface area contributed by atoms with E-state index in [0.29, 0.717) is 17.3 Å². The molecular formula is C14H20N2O2. The second-order valence-electron chi connectivity index (χ2n) is 4.98. The van der Waals surface area contributed by atoms with Crippen LogP contribution in [0.4, 0.5) is 11.4 Å². The van der Waals surface area contributed by atoms with Gasteiger partial charge in [0.2, 0.25) is 0 Å². The number of anilines is 2. The molecule has 4 heteroatoms. The number of carboxylic acids is 1. The first kappa shape index (κ1) is 12.7. The van der Waals surface area contributed by atoms with Crippen molar-refractivity contribution in [1.29, 1.82) is 0 Å². The lowest BCUT2D eigenvalue weighted by atomic mass is 9.94. The summed E-state index contributed by atoms with van der Waals surface area (Å²) in [5, 5.41) is 9.03. The van der Waals surface area contributed by atoms with E-state index in [-0.39, 0.29) is 0 Å². The molecule has 0 unspecified atom stereocenters. The van der Waals surface area contributed by atoms with Crippen LogP contribution in [0.3, 0.4) is 0 Å². The van der Waals surface area contributed by atoms with E-state index < -0.39 is 5.97 Å². The van der Waals surface area contributed by atoms with Crippen molar-refractivity contribution >= 4 is 17.3 Å². The van der Waals surface area contributed by atoms with E-state index in [4.69, 9.17) is 10.8 Å². The average Bonchev–Trinajstić information content (AvgIpc) is 2.39. The maximum Gasteiger partial charge on any atom is 0.335 e. The molecule has 18 heavy (non-hydrogen) atoms. The van der Waals surface area contributed by atoms with Gasteiger partial charge in [0.1, 0.15) is 0 Å². The van der Waals surface area contributed by atoms with Gasteiger partial charge in [-0.25, -0.2) is 4.79 Å². The number of hydrogen-bond donors (Lipinski definition) is 2. The van der Waals surface area contributed by atoms with E-state index in [9.17, 15) is 4.79 Å². The Morgan fingerprint density at radius 2 is 2.00 bits per heavy atom. The Labute approximate surface area is 107 Å². The highest BCUT2D eigenvalue weighted by atomic mass is 16.4. The van der Waals surface area contributed by atoms with Gasteiger partial charge >= 0.3 is 5.97 Å². The SMILES string of the molecule is CN(c1cc(C(=O)O)ccc1N)C1CCCCC1. The third-order valence-electron chi connectivity index (χ3n) is 3.78. The van der Waals surface area contributed by atoms with Gasteiger partial charge in [0.25, 0.3) is 0 Å². The molecule has 1 saturated carbocycles. The van der Waals surface area contributed by atoms with Crippen molar-refractivity contribution in [3.05, 3.63) is 23.8 Å². The zero-order valence-corrected chi connectivity index (χ0v) is 10.7. The lowest BCUT2D eigenvalue weighted by Crippen LogP contribution is -2.33. The van der Waals surface area contributed by atoms with Crippen LogP contribution in [0.1, 0.15) is 42.5 Å². The van der Waals surface area contributed by atoms with Gasteiger partial charge in [0.15, 0.2) is 0 Å². The molecule has 0 saturated heterocycles. The number of carbonyl (C=O) groups is 1. The molecule has 0 heterocycles. The Balaban J connectivity index is 2.25. The highest BCUT2D eigenvalue weighted by molar-refractivity contribution is 5.90. The van der Waals surface area contributed by atoms with E-state index in [1.165, 1.54) is 19.3 Å². The first-order valence-corrected chi connectivity index (χ1v) is 6.45. The molecule has 98 valence electrons. The van der Waals surface area contributed by atoms with E-state index in [0.717, 1.165) is 18.5 Å². The highest BCUT2D eigenvalue weighted by Crippen LogP contribution is 2.30. The molecule has 0 bridgehead atoms. The van der Waals surface area contributed by atoms with Gasteiger partial charge in [0, 0.05) is 13.1 Å². The van der Waals surface area contributed by atoms with Crippen molar-refractivity contribution in [2.45, 2.75) is 38.1 Å². The van der Waals surface area contributed by atoms with Gasteiger partial charge in [-0.2, -0.15) is 0 Å². The van der Waals surface area contributed by atoms with Crippen LogP contribution in [0.25, 0.3) is 0 Å². The summed E-state index contributed by atoms with van der Waals surface area (Å²) in [6.45, 7) is 0. The Morgan fingerprint density at radius 3 is 2.61 bits per heavy atom. The molecule has 0 aliphatic heterocycles. The Bertz CT molecular complexity index is 439. The fourth-order valence-corrected chi connectivity index (χ4v) is 2.65. The summed E-state index contributed by atoms with van der Waals surface area (Å²) in [5.41, 5.74) is 7.74. The maximum absolute atomic E-state index is 11.0. The molecule has 0 atom stereocenters. The predicted molar refractivity (Wildman–Crippen MR) is 73.1 cm³/mol. The molecule has 2 rings (SSSR count). The largest absolute Gasteiger partial charge is 0.478 e. The molecule has 3 N–H and O–H groups in total. The van der Waals surface area contributed by atoms with Gasteiger partial charge in [-0.1, -0.05) is 19.3 Å². The van der Waals surface area contributed by atoms with Crippen LogP contribution in [0, 0.1) is 0 Å². The maximum atomic E-state index is 11.0. The fourth-order valence-electron chi connectivity index (χ4n) is 2.65. The number of aromatic carboxylic acids is 1. The van der Waals surface area contributed by atoms with E-state index in [2.05, 4.69) is 4.90 Å². The van der Waals surface area contributed by atoms with Crippen molar-refractivity contribution in [1.82, 2.24) is 0 Å². The van der Waals surface area contributed by atoms with E-state index in [1.807, 2.05) is 7.05 Å². The molecule has 1 aliphatic carbocycles. The Hall–Kier alpha value is -1.71. The standard InChI is InChI=1S/C14H20N2O2/c1-16(11-5-3-2-4-6-11)13-9-10(14(17)18)7-8-12(13)15/h7-9,11H,2-6,15H2,1H3,(H,17,18). The third kappa shape index (κ3) is 2.58. The van der Waals surface area contributed by atoms with Gasteiger partial charge < -0.3 is 15.7 Å². The molecule has 1 aromatic carbocycles. The van der Waals surface area contributed by atoms with Gasteiger partial charge in [0.05, 0.1) is 16.9 Å². The lowest BCUT2D eigenvalue weighted by molar-refractivity contribution is 0.0697. The molecule has 1 aliphatic rings. The van der Waals surface area contributed by atoms with Crippen LogP contribution < -0.4 is 10.6 Å². The second kappa shape index (κ2) is 5.29. The van der Waals surface area contributed by atoms with Crippen molar-refractivity contribution in [3.63, 3.8) is 0 Å². The van der Waals surface area contributed by atoms with Crippen molar-refractivity contribution < 1.29 is 9.90 Å². The zero-order chi connectivity index (χ0) is 13.1. The van der Waals surface area contributed by atoms with Crippen molar-refractivity contribution in [2.24, 2.45) is 0 Å². The van der Waals surface area contributed by atoms with Gasteiger partial charge in [-0.05, 0) is 31.0 Å². The molecule has 0 spiro atoms. The highest BCUT2D eigenvalue weighted by Gasteiger charge is 2.20. The van der Waals surface area contributed by atoms with Crippen molar-refractivity contribution in [3.8, 4) is 0 Å². The van der Waals surface area contributed by atoms with Crippen LogP contribution in [0.5, 0.6) is 0 Å². The number of nitrogens with zero attached hydrogens (tertiary/aromatic N) is 1. The minimum absolute atomic E-state index is 0.293. The second-order valence-corrected chi connectivity index (χ2v) is 4.98. The van der Waals surface area contributed by atoms with Crippen LogP contribution >= 0.6 is 0 Å². The van der Waals surface area contributed by atoms with Crippen LogP contribution in [0.15, 0.2) is 18.2 Å². The summed E-state index contributed by atoms with van der Waals surface area (Å²) in [7, 11) is 2.01. The molecule has 0 radical (unpaired) electrons. The first-order valence-electron chi connectivity index (χ1n) is 6.45. The van der Waals surface area contributed by atoms with E-state index in [1.54, 1.807) is 18.2 Å². The van der Waals surface area contributed by atoms with Gasteiger partial charge in [-0.3, -0.25) is 0 Å². The third-order valence-corrected chi connectivity index (χ3v) is 3.78. The van der Waals surface area contributed by atoms with Crippen LogP contribution in [-0.2, 0) is 0 Å². The summed E-state index contributed by atoms with van der Waals surface area (Å²) < 4.78 is 0. The quantitative estimate of drug-likeness (QED) is 0.807. The lowest BCUT2D eigenvalue weighted by Gasteiger charge is -2.33. The number of benzene rings is 1. The molecule has 4 nitrogen and oxygen atoms in total. The normalized spacial score (nSPS) is 16.5. The first-order chi connectivity index (χ1) is 8.59. The van der Waals surface area contributed by atoms with Crippen molar-refractivity contribution in [2.75, 3.05) is 17.7 Å². The summed E-state index contributed by atoms with van der Waals surface area (Å²) >= 11 is 0.